The van der Waals surface area contributed by atoms with Gasteiger partial charge in [-0.2, -0.15) is 0 Å². The summed E-state index contributed by atoms with van der Waals surface area (Å²) >= 11 is 0. The topological polar surface area (TPSA) is 103 Å². The lowest BCUT2D eigenvalue weighted by Crippen LogP contribution is -2.62. The van der Waals surface area contributed by atoms with Gasteiger partial charge < -0.3 is 20.6 Å². The van der Waals surface area contributed by atoms with E-state index in [0.29, 0.717) is 42.6 Å². The lowest BCUT2D eigenvalue weighted by Gasteiger charge is -2.63. The summed E-state index contributed by atoms with van der Waals surface area (Å²) in [6.45, 7) is 7.43. The molecule has 6 heteroatoms. The molecule has 11 atom stereocenters. The Labute approximate surface area is 216 Å². The van der Waals surface area contributed by atoms with E-state index in [2.05, 4.69) is 31.1 Å². The SMILES string of the molecule is C[C@H](CCC(=O)NCc1ccncc1)[C@H]1CC[C@H]2[C@@H]3[C@H](O)C[C@@H]4C[C@H](O)CC[C@]4(C)[C@H]3C[C@H](O)[C@]12C. The number of nitrogens with zero attached hydrogens (tertiary/aromatic N) is 1. The molecule has 200 valence electrons. The summed E-state index contributed by atoms with van der Waals surface area (Å²) in [5, 5.41) is 36.5. The van der Waals surface area contributed by atoms with Crippen molar-refractivity contribution in [1.29, 1.82) is 0 Å². The number of rotatable bonds is 6. The highest BCUT2D eigenvalue weighted by molar-refractivity contribution is 5.75. The van der Waals surface area contributed by atoms with E-state index in [9.17, 15) is 20.1 Å². The molecule has 1 heterocycles. The first-order valence-electron chi connectivity index (χ1n) is 14.3. The Morgan fingerprint density at radius 2 is 1.83 bits per heavy atom. The van der Waals surface area contributed by atoms with Crippen LogP contribution in [0.5, 0.6) is 0 Å². The number of aromatic nitrogens is 1. The van der Waals surface area contributed by atoms with Crippen molar-refractivity contribution >= 4 is 5.91 Å². The van der Waals surface area contributed by atoms with Crippen molar-refractivity contribution in [1.82, 2.24) is 10.3 Å². The fourth-order valence-electron chi connectivity index (χ4n) is 9.48. The zero-order chi connectivity index (χ0) is 25.7. The first-order chi connectivity index (χ1) is 17.1. The third-order valence-electron chi connectivity index (χ3n) is 11.6. The molecule has 6 nitrogen and oxygen atoms in total. The molecule has 1 aromatic heterocycles. The van der Waals surface area contributed by atoms with Gasteiger partial charge in [0, 0.05) is 25.4 Å². The minimum atomic E-state index is -0.381. The number of carbonyl (C=O) groups excluding carboxylic acids is 1. The van der Waals surface area contributed by atoms with Crippen LogP contribution in [0.15, 0.2) is 24.5 Å². The summed E-state index contributed by atoms with van der Waals surface area (Å²) in [6.07, 6.45) is 10.1. The Morgan fingerprint density at radius 3 is 2.58 bits per heavy atom. The number of hydrogen-bond acceptors (Lipinski definition) is 5. The van der Waals surface area contributed by atoms with Crippen molar-refractivity contribution in [2.45, 2.75) is 103 Å². The molecule has 4 saturated carbocycles. The highest BCUT2D eigenvalue weighted by Gasteiger charge is 2.65. The summed E-state index contributed by atoms with van der Waals surface area (Å²) in [6, 6.07) is 3.83. The molecule has 5 rings (SSSR count). The molecule has 36 heavy (non-hydrogen) atoms. The number of hydrogen-bond donors (Lipinski definition) is 4. The van der Waals surface area contributed by atoms with Crippen LogP contribution < -0.4 is 5.32 Å². The van der Waals surface area contributed by atoms with Crippen LogP contribution in [0.3, 0.4) is 0 Å². The average Bonchev–Trinajstić information content (AvgIpc) is 3.22. The van der Waals surface area contributed by atoms with Crippen molar-refractivity contribution in [3.8, 4) is 0 Å². The normalized spacial score (nSPS) is 44.7. The first kappa shape index (κ1) is 26.1. The van der Waals surface area contributed by atoms with Gasteiger partial charge in [0.15, 0.2) is 0 Å². The molecule has 4 aliphatic rings. The second-order valence-corrected chi connectivity index (χ2v) is 13.2. The number of nitrogens with one attached hydrogen (secondary N) is 1. The van der Waals surface area contributed by atoms with E-state index in [-0.39, 0.29) is 41.0 Å². The molecular formula is C30H46N2O4. The first-order valence-corrected chi connectivity index (χ1v) is 14.3. The van der Waals surface area contributed by atoms with Crippen molar-refractivity contribution < 1.29 is 20.1 Å². The van der Waals surface area contributed by atoms with Crippen LogP contribution in [0.4, 0.5) is 0 Å². The maximum atomic E-state index is 12.6. The molecule has 1 amide bonds. The van der Waals surface area contributed by atoms with Gasteiger partial charge in [-0.05, 0) is 115 Å². The predicted molar refractivity (Wildman–Crippen MR) is 138 cm³/mol. The van der Waals surface area contributed by atoms with Gasteiger partial charge in [0.2, 0.25) is 5.91 Å². The molecule has 4 fully saturated rings. The van der Waals surface area contributed by atoms with Gasteiger partial charge in [0.05, 0.1) is 18.3 Å². The molecule has 4 aliphatic carbocycles. The van der Waals surface area contributed by atoms with Gasteiger partial charge >= 0.3 is 0 Å². The van der Waals surface area contributed by atoms with Crippen LogP contribution in [0.1, 0.15) is 84.1 Å². The number of aliphatic hydroxyl groups is 3. The molecule has 0 aliphatic heterocycles. The lowest BCUT2D eigenvalue weighted by atomic mass is 9.43. The highest BCUT2D eigenvalue weighted by Crippen LogP contribution is 2.68. The molecule has 1 aromatic rings. The monoisotopic (exact) mass is 498 g/mol. The average molecular weight is 499 g/mol. The van der Waals surface area contributed by atoms with Crippen LogP contribution in [0, 0.1) is 46.3 Å². The van der Waals surface area contributed by atoms with Crippen molar-refractivity contribution in [3.63, 3.8) is 0 Å². The molecule has 4 N–H and O–H groups in total. The number of carbonyl (C=O) groups is 1. The van der Waals surface area contributed by atoms with Gasteiger partial charge in [0.25, 0.3) is 0 Å². The molecule has 0 saturated heterocycles. The van der Waals surface area contributed by atoms with Crippen LogP contribution in [-0.2, 0) is 11.3 Å². The lowest BCUT2D eigenvalue weighted by molar-refractivity contribution is -0.207. The molecule has 0 aromatic carbocycles. The van der Waals surface area contributed by atoms with Crippen molar-refractivity contribution in [3.05, 3.63) is 30.1 Å². The summed E-state index contributed by atoms with van der Waals surface area (Å²) in [4.78, 5) is 16.6. The minimum absolute atomic E-state index is 0.0729. The Balaban J connectivity index is 1.25. The smallest absolute Gasteiger partial charge is 0.220 e. The summed E-state index contributed by atoms with van der Waals surface area (Å²) in [5.41, 5.74) is 0.931. The van der Waals surface area contributed by atoms with Gasteiger partial charge in [-0.1, -0.05) is 20.8 Å². The summed E-state index contributed by atoms with van der Waals surface area (Å²) in [7, 11) is 0. The van der Waals surface area contributed by atoms with E-state index >= 15 is 0 Å². The van der Waals surface area contributed by atoms with Gasteiger partial charge in [-0.3, -0.25) is 9.78 Å². The van der Waals surface area contributed by atoms with Gasteiger partial charge in [-0.25, -0.2) is 0 Å². The number of amides is 1. The van der Waals surface area contributed by atoms with Gasteiger partial charge in [-0.15, -0.1) is 0 Å². The van der Waals surface area contributed by atoms with Crippen LogP contribution in [0.2, 0.25) is 0 Å². The minimum Gasteiger partial charge on any atom is -0.393 e. The Bertz CT molecular complexity index is 927. The van der Waals surface area contributed by atoms with E-state index in [0.717, 1.165) is 56.9 Å². The molecule has 0 spiro atoms. The zero-order valence-electron chi connectivity index (χ0n) is 22.3. The summed E-state index contributed by atoms with van der Waals surface area (Å²) < 4.78 is 0. The fraction of sp³-hybridized carbons (Fsp3) is 0.800. The predicted octanol–water partition coefficient (Wildman–Crippen LogP) is 4.08. The van der Waals surface area contributed by atoms with Crippen molar-refractivity contribution in [2.24, 2.45) is 46.3 Å². The zero-order valence-corrected chi connectivity index (χ0v) is 22.3. The Hall–Kier alpha value is -1.50. The second kappa shape index (κ2) is 9.99. The van der Waals surface area contributed by atoms with Gasteiger partial charge in [0.1, 0.15) is 0 Å². The third kappa shape index (κ3) is 4.41. The van der Waals surface area contributed by atoms with Crippen molar-refractivity contribution in [2.75, 3.05) is 0 Å². The van der Waals surface area contributed by atoms with E-state index in [1.807, 2.05) is 12.1 Å². The number of aliphatic hydroxyl groups excluding tert-OH is 3. The highest BCUT2D eigenvalue weighted by atomic mass is 16.3. The Kier molecular flexibility index (Phi) is 7.25. The van der Waals surface area contributed by atoms with Crippen LogP contribution >= 0.6 is 0 Å². The molecule has 0 unspecified atom stereocenters. The molecular weight excluding hydrogens is 452 g/mol. The van der Waals surface area contributed by atoms with Crippen LogP contribution in [-0.4, -0.2) is 44.5 Å². The third-order valence-corrected chi connectivity index (χ3v) is 11.6. The Morgan fingerprint density at radius 1 is 1.08 bits per heavy atom. The number of fused-ring (bicyclic) bond motifs is 5. The number of pyridine rings is 1. The quantitative estimate of drug-likeness (QED) is 0.473. The van der Waals surface area contributed by atoms with Crippen LogP contribution in [0.25, 0.3) is 0 Å². The molecule has 0 radical (unpaired) electrons. The molecule has 0 bridgehead atoms. The second-order valence-electron chi connectivity index (χ2n) is 13.2. The fourth-order valence-corrected chi connectivity index (χ4v) is 9.48. The van der Waals surface area contributed by atoms with E-state index in [1.54, 1.807) is 12.4 Å². The maximum absolute atomic E-state index is 12.6. The largest absolute Gasteiger partial charge is 0.393 e. The maximum Gasteiger partial charge on any atom is 0.220 e. The van der Waals surface area contributed by atoms with E-state index in [1.165, 1.54) is 0 Å². The summed E-state index contributed by atoms with van der Waals surface area (Å²) in [5.74, 6) is 1.98. The van der Waals surface area contributed by atoms with E-state index < -0.39 is 0 Å². The van der Waals surface area contributed by atoms with E-state index in [4.69, 9.17) is 0 Å². The standard InChI is InChI=1S/C30H46N2O4/c1-18(4-7-27(36)32-17-19-9-12-31-13-10-19)22-5-6-23-28-24(16-26(35)30(22,23)3)29(2)11-8-21(33)14-20(29)15-25(28)34/h9-10,12-13,18,20-26,28,33-35H,4-8,11,14-17H2,1-3H3,(H,32,36)/t18-,20+,21-,22-,23+,24+,25-,26+,28+,29+,30-/m1/s1.